The van der Waals surface area contributed by atoms with E-state index >= 15 is 0 Å². The number of nitrogens with zero attached hydrogens (tertiary/aromatic N) is 3. The van der Waals surface area contributed by atoms with E-state index in [9.17, 15) is 4.79 Å². The fourth-order valence-corrected chi connectivity index (χ4v) is 3.77. The summed E-state index contributed by atoms with van der Waals surface area (Å²) in [6.45, 7) is 4.17. The van der Waals surface area contributed by atoms with Crippen molar-refractivity contribution in [1.82, 2.24) is 9.78 Å². The van der Waals surface area contributed by atoms with Gasteiger partial charge < -0.3 is 4.90 Å². The molecule has 0 fully saturated rings. The number of aromatic nitrogens is 2. The number of para-hydroxylation sites is 1. The molecule has 0 aliphatic heterocycles. The van der Waals surface area contributed by atoms with Crippen LogP contribution in [0.15, 0.2) is 54.6 Å². The normalized spacial score (nSPS) is 19.0. The molecule has 138 valence electrons. The van der Waals surface area contributed by atoms with Gasteiger partial charge in [0.05, 0.1) is 22.6 Å². The molecule has 0 bridgehead atoms. The van der Waals surface area contributed by atoms with Crippen LogP contribution in [0, 0.1) is 11.8 Å². The van der Waals surface area contributed by atoms with Crippen LogP contribution in [0.2, 0.25) is 0 Å². The number of hydrogen-bond acceptors (Lipinski definition) is 3. The minimum atomic E-state index is 0.0192. The molecule has 2 atom stereocenters. The fourth-order valence-electron chi connectivity index (χ4n) is 3.77. The molecule has 0 unspecified atom stereocenters. The number of hydrogen-bond donors (Lipinski definition) is 0. The molecular weight excluding hydrogens is 334 g/mol. The molecule has 4 rings (SSSR count). The highest BCUT2D eigenvalue weighted by Crippen LogP contribution is 2.37. The molecule has 0 spiro atoms. The molecule has 1 aromatic heterocycles. The summed E-state index contributed by atoms with van der Waals surface area (Å²) >= 11 is 0. The lowest BCUT2D eigenvalue weighted by Crippen LogP contribution is -2.27. The van der Waals surface area contributed by atoms with Gasteiger partial charge in [-0.1, -0.05) is 44.2 Å². The van der Waals surface area contributed by atoms with Gasteiger partial charge in [0.2, 0.25) is 0 Å². The molecule has 27 heavy (non-hydrogen) atoms. The van der Waals surface area contributed by atoms with E-state index in [1.807, 2.05) is 56.0 Å². The van der Waals surface area contributed by atoms with Gasteiger partial charge in [-0.25, -0.2) is 4.68 Å². The number of ketones is 1. The Kier molecular flexibility index (Phi) is 4.34. The molecule has 0 amide bonds. The van der Waals surface area contributed by atoms with Gasteiger partial charge in [0.25, 0.3) is 0 Å². The number of fused-ring (bicyclic) bond motifs is 1. The van der Waals surface area contributed by atoms with Gasteiger partial charge in [-0.2, -0.15) is 5.10 Å². The third-order valence-corrected chi connectivity index (χ3v) is 5.64. The Bertz CT molecular complexity index is 971. The molecular formula is C23H25N3O. The second-order valence-electron chi connectivity index (χ2n) is 7.69. The molecule has 1 heterocycles. The number of carbonyl (C=O) groups is 1. The van der Waals surface area contributed by atoms with Crippen molar-refractivity contribution in [3.05, 3.63) is 65.9 Å². The zero-order valence-corrected chi connectivity index (χ0v) is 16.3. The van der Waals surface area contributed by atoms with Gasteiger partial charge in [-0.05, 0) is 36.6 Å². The highest BCUT2D eigenvalue weighted by molar-refractivity contribution is 6.05. The predicted octanol–water partition coefficient (Wildman–Crippen LogP) is 4.62. The molecule has 3 aromatic rings. The monoisotopic (exact) mass is 359 g/mol. The number of rotatable bonds is 3. The van der Waals surface area contributed by atoms with E-state index in [0.717, 1.165) is 40.3 Å². The molecule has 0 radical (unpaired) electrons. The van der Waals surface area contributed by atoms with Gasteiger partial charge in [-0.15, -0.1) is 0 Å². The van der Waals surface area contributed by atoms with Crippen LogP contribution in [0.5, 0.6) is 0 Å². The first-order chi connectivity index (χ1) is 13.0. The van der Waals surface area contributed by atoms with Crippen LogP contribution < -0.4 is 4.90 Å². The molecule has 4 nitrogen and oxygen atoms in total. The second-order valence-corrected chi connectivity index (χ2v) is 7.69. The Morgan fingerprint density at radius 2 is 1.67 bits per heavy atom. The molecule has 1 aliphatic rings. The average molecular weight is 359 g/mol. The maximum atomic E-state index is 13.2. The van der Waals surface area contributed by atoms with Crippen LogP contribution in [-0.2, 0) is 6.42 Å². The SMILES string of the molecule is C[C@@H]1Cc2nn(-c3ccccc3)c(-c3ccc(N(C)C)cc3)c2C(=O)[C@H]1C. The number of anilines is 1. The lowest BCUT2D eigenvalue weighted by molar-refractivity contribution is 0.0877. The maximum Gasteiger partial charge on any atom is 0.170 e. The Balaban J connectivity index is 1.94. The Morgan fingerprint density at radius 1 is 1.00 bits per heavy atom. The molecule has 1 aliphatic carbocycles. The summed E-state index contributed by atoms with van der Waals surface area (Å²) in [5.41, 5.74) is 5.75. The third kappa shape index (κ3) is 2.95. The first kappa shape index (κ1) is 17.5. The van der Waals surface area contributed by atoms with Crippen molar-refractivity contribution in [3.8, 4) is 16.9 Å². The Hall–Kier alpha value is -2.88. The van der Waals surface area contributed by atoms with Gasteiger partial charge in [0.15, 0.2) is 5.78 Å². The van der Waals surface area contributed by atoms with E-state index < -0.39 is 0 Å². The standard InChI is InChI=1S/C23H25N3O/c1-15-14-20-21(23(27)16(15)2)22(17-10-12-18(13-11-17)25(3)4)26(24-20)19-8-6-5-7-9-19/h5-13,15-16H,14H2,1-4H3/t15-,16+/m1/s1. The van der Waals surface area contributed by atoms with Crippen molar-refractivity contribution in [1.29, 1.82) is 0 Å². The summed E-state index contributed by atoms with van der Waals surface area (Å²) < 4.78 is 1.94. The molecule has 0 N–H and O–H groups in total. The lowest BCUT2D eigenvalue weighted by Gasteiger charge is -2.24. The van der Waals surface area contributed by atoms with Gasteiger partial charge in [0, 0.05) is 31.3 Å². The number of benzene rings is 2. The number of carbonyl (C=O) groups excluding carboxylic acids is 1. The van der Waals surface area contributed by atoms with Crippen LogP contribution in [-0.4, -0.2) is 29.7 Å². The average Bonchev–Trinajstić information content (AvgIpc) is 3.06. The number of Topliss-reactive ketones (excluding diaryl/α,β-unsaturated/α-hetero) is 1. The smallest absolute Gasteiger partial charge is 0.170 e. The third-order valence-electron chi connectivity index (χ3n) is 5.64. The summed E-state index contributed by atoms with van der Waals surface area (Å²) in [6, 6.07) is 18.4. The highest BCUT2D eigenvalue weighted by atomic mass is 16.1. The van der Waals surface area contributed by atoms with E-state index in [0.29, 0.717) is 5.92 Å². The van der Waals surface area contributed by atoms with Crippen LogP contribution in [0.1, 0.15) is 29.9 Å². The zero-order chi connectivity index (χ0) is 19.1. The van der Waals surface area contributed by atoms with Crippen molar-refractivity contribution >= 4 is 11.5 Å². The van der Waals surface area contributed by atoms with Crippen LogP contribution >= 0.6 is 0 Å². The van der Waals surface area contributed by atoms with Crippen LogP contribution in [0.4, 0.5) is 5.69 Å². The lowest BCUT2D eigenvalue weighted by atomic mass is 9.78. The Labute approximate surface area is 160 Å². The van der Waals surface area contributed by atoms with Gasteiger partial charge in [-0.3, -0.25) is 4.79 Å². The van der Waals surface area contributed by atoms with Crippen molar-refractivity contribution in [2.45, 2.75) is 20.3 Å². The van der Waals surface area contributed by atoms with Crippen molar-refractivity contribution in [2.24, 2.45) is 11.8 Å². The van der Waals surface area contributed by atoms with Crippen LogP contribution in [0.25, 0.3) is 16.9 Å². The largest absolute Gasteiger partial charge is 0.378 e. The minimum Gasteiger partial charge on any atom is -0.378 e. The van der Waals surface area contributed by atoms with Crippen molar-refractivity contribution in [3.63, 3.8) is 0 Å². The van der Waals surface area contributed by atoms with E-state index in [2.05, 4.69) is 36.1 Å². The van der Waals surface area contributed by atoms with E-state index in [1.165, 1.54) is 0 Å². The van der Waals surface area contributed by atoms with Gasteiger partial charge in [0.1, 0.15) is 0 Å². The quantitative estimate of drug-likeness (QED) is 0.685. The molecule has 0 saturated heterocycles. The highest BCUT2D eigenvalue weighted by Gasteiger charge is 2.36. The molecule has 0 saturated carbocycles. The summed E-state index contributed by atoms with van der Waals surface area (Å²) in [5.74, 6) is 0.538. The predicted molar refractivity (Wildman–Crippen MR) is 110 cm³/mol. The first-order valence-electron chi connectivity index (χ1n) is 9.46. The topological polar surface area (TPSA) is 38.1 Å². The van der Waals surface area contributed by atoms with E-state index in [1.54, 1.807) is 0 Å². The maximum absolute atomic E-state index is 13.2. The van der Waals surface area contributed by atoms with Crippen LogP contribution in [0.3, 0.4) is 0 Å². The van der Waals surface area contributed by atoms with Crippen molar-refractivity contribution in [2.75, 3.05) is 19.0 Å². The van der Waals surface area contributed by atoms with Gasteiger partial charge >= 0.3 is 0 Å². The summed E-state index contributed by atoms with van der Waals surface area (Å²) in [6.07, 6.45) is 0.838. The van der Waals surface area contributed by atoms with E-state index in [4.69, 9.17) is 5.10 Å². The van der Waals surface area contributed by atoms with E-state index in [-0.39, 0.29) is 11.7 Å². The first-order valence-corrected chi connectivity index (χ1v) is 9.46. The summed E-state index contributed by atoms with van der Waals surface area (Å²) in [5, 5.41) is 4.88. The molecule has 2 aromatic carbocycles. The molecule has 4 heteroatoms. The minimum absolute atomic E-state index is 0.0192. The summed E-state index contributed by atoms with van der Waals surface area (Å²) in [7, 11) is 4.05. The summed E-state index contributed by atoms with van der Waals surface area (Å²) in [4.78, 5) is 15.3. The fraction of sp³-hybridized carbons (Fsp3) is 0.304. The van der Waals surface area contributed by atoms with Crippen molar-refractivity contribution < 1.29 is 4.79 Å². The Morgan fingerprint density at radius 3 is 2.30 bits per heavy atom. The zero-order valence-electron chi connectivity index (χ0n) is 16.3. The second kappa shape index (κ2) is 6.69.